The number of carbonyl (C=O) groups is 3. The van der Waals surface area contributed by atoms with Crippen LogP contribution in [0.5, 0.6) is 17.2 Å². The van der Waals surface area contributed by atoms with Crippen LogP contribution in [0.25, 0.3) is 0 Å². The maximum absolute atomic E-state index is 12.0. The molecule has 0 aliphatic carbocycles. The number of hydrogen-bond acceptors (Lipinski definition) is 9. The fourth-order valence-electron chi connectivity index (χ4n) is 2.89. The number of rotatable bonds is 10. The monoisotopic (exact) mass is 495 g/mol. The largest absolute Gasteiger partial charge is 0.497 e. The van der Waals surface area contributed by atoms with Crippen LogP contribution < -0.4 is 25.0 Å². The Morgan fingerprint density at radius 2 is 1.72 bits per heavy atom. The molecule has 2 aromatic carbocycles. The molecule has 2 amide bonds. The first kappa shape index (κ1) is 25.8. The molecule has 0 aliphatic heterocycles. The molecule has 11 nitrogen and oxygen atoms in total. The highest BCUT2D eigenvalue weighted by atomic mass is 16.5. The molecule has 2 N–H and O–H groups in total. The van der Waals surface area contributed by atoms with E-state index >= 15 is 0 Å². The van der Waals surface area contributed by atoms with Gasteiger partial charge in [-0.1, -0.05) is 0 Å². The summed E-state index contributed by atoms with van der Waals surface area (Å²) in [6, 6.07) is 14.6. The Morgan fingerprint density at radius 3 is 2.42 bits per heavy atom. The molecular weight excluding hydrogens is 470 g/mol. The quantitative estimate of drug-likeness (QED) is 0.189. The summed E-state index contributed by atoms with van der Waals surface area (Å²) in [7, 11) is 2.80. The summed E-state index contributed by atoms with van der Waals surface area (Å²) in [4.78, 5) is 35.6. The molecule has 11 heteroatoms. The lowest BCUT2D eigenvalue weighted by Gasteiger charge is -2.11. The Hall–Kier alpha value is -4.80. The number of benzene rings is 2. The van der Waals surface area contributed by atoms with Gasteiger partial charge in [0.1, 0.15) is 18.1 Å². The summed E-state index contributed by atoms with van der Waals surface area (Å²) in [5.41, 5.74) is 3.20. The van der Waals surface area contributed by atoms with Crippen molar-refractivity contribution in [1.29, 1.82) is 0 Å². The molecular formula is C25H25N3O8. The van der Waals surface area contributed by atoms with Crippen molar-refractivity contribution in [3.05, 3.63) is 71.7 Å². The van der Waals surface area contributed by atoms with E-state index < -0.39 is 17.8 Å². The van der Waals surface area contributed by atoms with Gasteiger partial charge in [0.25, 0.3) is 0 Å². The van der Waals surface area contributed by atoms with Crippen LogP contribution in [-0.4, -0.2) is 44.8 Å². The zero-order chi connectivity index (χ0) is 25.9. The van der Waals surface area contributed by atoms with Crippen LogP contribution in [-0.2, 0) is 20.9 Å². The summed E-state index contributed by atoms with van der Waals surface area (Å²) in [5.74, 6) is -0.380. The van der Waals surface area contributed by atoms with Crippen molar-refractivity contribution in [1.82, 2.24) is 5.43 Å². The van der Waals surface area contributed by atoms with E-state index in [1.807, 2.05) is 6.92 Å². The van der Waals surface area contributed by atoms with Gasteiger partial charge < -0.3 is 28.7 Å². The zero-order valence-corrected chi connectivity index (χ0v) is 19.9. The van der Waals surface area contributed by atoms with Gasteiger partial charge in [-0.2, -0.15) is 5.10 Å². The van der Waals surface area contributed by atoms with Gasteiger partial charge in [-0.15, -0.1) is 0 Å². The molecule has 0 radical (unpaired) electrons. The number of hydrogen-bond donors (Lipinski definition) is 2. The molecule has 0 spiro atoms. The first-order chi connectivity index (χ1) is 17.4. The topological polar surface area (TPSA) is 138 Å². The molecule has 0 bridgehead atoms. The number of furan rings is 1. The van der Waals surface area contributed by atoms with Crippen molar-refractivity contribution < 1.29 is 37.7 Å². The Labute approximate surface area is 207 Å². The van der Waals surface area contributed by atoms with Crippen LogP contribution in [0.2, 0.25) is 0 Å². The Bertz CT molecular complexity index is 1230. The van der Waals surface area contributed by atoms with Crippen molar-refractivity contribution in [2.45, 2.75) is 13.5 Å². The molecule has 0 unspecified atom stereocenters. The average Bonchev–Trinajstić information content (AvgIpc) is 3.37. The second kappa shape index (κ2) is 12.6. The highest BCUT2D eigenvalue weighted by Crippen LogP contribution is 2.29. The lowest BCUT2D eigenvalue weighted by atomic mass is 10.2. The van der Waals surface area contributed by atoms with E-state index in [9.17, 15) is 14.4 Å². The summed E-state index contributed by atoms with van der Waals surface area (Å²) >= 11 is 0. The molecule has 1 aromatic heterocycles. The maximum atomic E-state index is 12.0. The number of anilines is 1. The SMILES string of the molecule is CCOc1cc(C=NNC(=O)C(=O)Nc2ccc(OC)cc2)ccc1OCc1ccc(C(=O)OC)o1. The smallest absolute Gasteiger partial charge is 0.373 e. The number of ether oxygens (including phenoxy) is 4. The van der Waals surface area contributed by atoms with E-state index in [1.165, 1.54) is 26.5 Å². The van der Waals surface area contributed by atoms with Gasteiger partial charge in [0.05, 0.1) is 27.0 Å². The van der Waals surface area contributed by atoms with Crippen molar-refractivity contribution in [3.8, 4) is 17.2 Å². The van der Waals surface area contributed by atoms with Gasteiger partial charge in [-0.3, -0.25) is 9.59 Å². The highest BCUT2D eigenvalue weighted by Gasteiger charge is 2.14. The third kappa shape index (κ3) is 7.10. The summed E-state index contributed by atoms with van der Waals surface area (Å²) in [6.07, 6.45) is 1.36. The summed E-state index contributed by atoms with van der Waals surface area (Å²) in [5, 5.41) is 6.29. The van der Waals surface area contributed by atoms with Crippen LogP contribution in [0.4, 0.5) is 5.69 Å². The molecule has 0 aliphatic rings. The molecule has 0 saturated heterocycles. The van der Waals surface area contributed by atoms with Gasteiger partial charge in [-0.05, 0) is 67.1 Å². The molecule has 36 heavy (non-hydrogen) atoms. The van der Waals surface area contributed by atoms with Crippen LogP contribution in [0.1, 0.15) is 28.8 Å². The number of amides is 2. The first-order valence-electron chi connectivity index (χ1n) is 10.8. The van der Waals surface area contributed by atoms with E-state index in [4.69, 9.17) is 18.6 Å². The predicted octanol–water partition coefficient (Wildman–Crippen LogP) is 3.14. The Morgan fingerprint density at radius 1 is 0.944 bits per heavy atom. The van der Waals surface area contributed by atoms with E-state index in [1.54, 1.807) is 48.5 Å². The number of nitrogens with zero attached hydrogens (tertiary/aromatic N) is 1. The van der Waals surface area contributed by atoms with Crippen molar-refractivity contribution in [2.24, 2.45) is 5.10 Å². The lowest BCUT2D eigenvalue weighted by molar-refractivity contribution is -0.136. The van der Waals surface area contributed by atoms with Gasteiger partial charge in [0.2, 0.25) is 5.76 Å². The number of carbonyl (C=O) groups excluding carboxylic acids is 3. The van der Waals surface area contributed by atoms with E-state index in [0.717, 1.165) is 0 Å². The van der Waals surface area contributed by atoms with Gasteiger partial charge >= 0.3 is 17.8 Å². The zero-order valence-electron chi connectivity index (χ0n) is 19.9. The van der Waals surface area contributed by atoms with Crippen LogP contribution in [0, 0.1) is 0 Å². The van der Waals surface area contributed by atoms with Gasteiger partial charge in [-0.25, -0.2) is 10.2 Å². The molecule has 0 fully saturated rings. The molecule has 0 atom stereocenters. The Balaban J connectivity index is 1.57. The standard InChI is InChI=1S/C25H25N3O8/c1-4-34-22-13-16(5-11-20(22)35-15-19-10-12-21(36-19)25(31)33-3)14-26-28-24(30)23(29)27-17-6-8-18(32-2)9-7-17/h5-14H,4,15H2,1-3H3,(H,27,29)(H,28,30). The Kier molecular flexibility index (Phi) is 9.04. The second-order valence-corrected chi connectivity index (χ2v) is 7.07. The highest BCUT2D eigenvalue weighted by molar-refractivity contribution is 6.39. The molecule has 0 saturated carbocycles. The van der Waals surface area contributed by atoms with Crippen molar-refractivity contribution in [3.63, 3.8) is 0 Å². The third-order valence-corrected chi connectivity index (χ3v) is 4.62. The summed E-state index contributed by atoms with van der Waals surface area (Å²) in [6.45, 7) is 2.26. The molecule has 188 valence electrons. The van der Waals surface area contributed by atoms with Crippen molar-refractivity contribution in [2.75, 3.05) is 26.1 Å². The average molecular weight is 495 g/mol. The fraction of sp³-hybridized carbons (Fsp3) is 0.200. The molecule has 1 heterocycles. The van der Waals surface area contributed by atoms with Crippen LogP contribution in [0.3, 0.4) is 0 Å². The summed E-state index contributed by atoms with van der Waals surface area (Å²) < 4.78 is 26.4. The molecule has 3 rings (SSSR count). The minimum absolute atomic E-state index is 0.0594. The maximum Gasteiger partial charge on any atom is 0.373 e. The van der Waals surface area contributed by atoms with E-state index in [-0.39, 0.29) is 12.4 Å². The lowest BCUT2D eigenvalue weighted by Crippen LogP contribution is -2.32. The first-order valence-corrected chi connectivity index (χ1v) is 10.8. The fourth-order valence-corrected chi connectivity index (χ4v) is 2.89. The van der Waals surface area contributed by atoms with E-state index in [0.29, 0.717) is 40.9 Å². The van der Waals surface area contributed by atoms with Crippen LogP contribution >= 0.6 is 0 Å². The number of methoxy groups -OCH3 is 2. The third-order valence-electron chi connectivity index (χ3n) is 4.62. The van der Waals surface area contributed by atoms with Crippen LogP contribution in [0.15, 0.2) is 64.1 Å². The number of nitrogens with one attached hydrogen (secondary N) is 2. The van der Waals surface area contributed by atoms with Gasteiger partial charge in [0.15, 0.2) is 11.5 Å². The van der Waals surface area contributed by atoms with Gasteiger partial charge in [0, 0.05) is 5.69 Å². The van der Waals surface area contributed by atoms with E-state index in [2.05, 4.69) is 20.6 Å². The van der Waals surface area contributed by atoms with Crippen molar-refractivity contribution >= 4 is 29.7 Å². The minimum atomic E-state index is -0.933. The number of esters is 1. The number of hydrazone groups is 1. The molecule has 3 aromatic rings. The second-order valence-electron chi connectivity index (χ2n) is 7.07. The minimum Gasteiger partial charge on any atom is -0.497 e. The normalized spacial score (nSPS) is 10.5. The predicted molar refractivity (Wildman–Crippen MR) is 129 cm³/mol.